The van der Waals surface area contributed by atoms with E-state index in [0.29, 0.717) is 12.0 Å². The molecular formula is C32H62N2. The lowest BCUT2D eigenvalue weighted by atomic mass is 9.94. The van der Waals surface area contributed by atoms with E-state index in [4.69, 9.17) is 4.98 Å². The Morgan fingerprint density at radius 2 is 1.00 bits per heavy atom. The van der Waals surface area contributed by atoms with E-state index >= 15 is 0 Å². The van der Waals surface area contributed by atoms with Crippen LogP contribution < -0.4 is 0 Å². The Hall–Kier alpha value is -0.790. The monoisotopic (exact) mass is 474 g/mol. The molecular weight excluding hydrogens is 412 g/mol. The van der Waals surface area contributed by atoms with Crippen molar-refractivity contribution in [1.82, 2.24) is 9.55 Å². The maximum Gasteiger partial charge on any atom is 0.111 e. The highest BCUT2D eigenvalue weighted by molar-refractivity contribution is 5.02. The quantitative estimate of drug-likeness (QED) is 0.129. The topological polar surface area (TPSA) is 17.8 Å². The van der Waals surface area contributed by atoms with E-state index in [1.54, 1.807) is 0 Å². The average molecular weight is 475 g/mol. The second kappa shape index (κ2) is 22.7. The van der Waals surface area contributed by atoms with Gasteiger partial charge >= 0.3 is 0 Å². The van der Waals surface area contributed by atoms with E-state index in [0.717, 1.165) is 0 Å². The fraction of sp³-hybridized carbons (Fsp3) is 0.906. The first-order chi connectivity index (χ1) is 16.7. The van der Waals surface area contributed by atoms with E-state index in [-0.39, 0.29) is 0 Å². The summed E-state index contributed by atoms with van der Waals surface area (Å²) in [5, 5.41) is 0. The first-order valence-electron chi connectivity index (χ1n) is 15.8. The molecule has 1 aromatic rings. The van der Waals surface area contributed by atoms with E-state index in [1.807, 2.05) is 0 Å². The highest BCUT2D eigenvalue weighted by Gasteiger charge is 2.18. The summed E-state index contributed by atoms with van der Waals surface area (Å²) in [5.41, 5.74) is 0. The standard InChI is InChI=1S/C32H62N2/c1-5-8-10-12-13-14-15-16-17-18-19-20-22-24-27-31(25-7-3)32-33-28-29-34(32)30(4)26-23-21-11-9-6-2/h28-31H,5-27H2,1-4H3. The molecule has 0 N–H and O–H groups in total. The Bertz CT molecular complexity index is 535. The zero-order valence-corrected chi connectivity index (χ0v) is 24.0. The molecule has 0 saturated carbocycles. The minimum absolute atomic E-state index is 0.592. The molecule has 0 aliphatic heterocycles. The van der Waals surface area contributed by atoms with E-state index < -0.39 is 0 Å². The predicted octanol–water partition coefficient (Wildman–Crippen LogP) is 11.6. The molecule has 0 aromatic carbocycles. The molecule has 0 fully saturated rings. The number of aromatic nitrogens is 2. The van der Waals surface area contributed by atoms with Gasteiger partial charge in [0.15, 0.2) is 0 Å². The lowest BCUT2D eigenvalue weighted by Crippen LogP contribution is -2.13. The Morgan fingerprint density at radius 1 is 0.559 bits per heavy atom. The van der Waals surface area contributed by atoms with Gasteiger partial charge in [0.25, 0.3) is 0 Å². The highest BCUT2D eigenvalue weighted by Crippen LogP contribution is 2.29. The van der Waals surface area contributed by atoms with Crippen LogP contribution in [0.1, 0.15) is 193 Å². The molecule has 200 valence electrons. The van der Waals surface area contributed by atoms with Crippen LogP contribution in [0.3, 0.4) is 0 Å². The smallest absolute Gasteiger partial charge is 0.111 e. The summed E-state index contributed by atoms with van der Waals surface area (Å²) in [7, 11) is 0. The summed E-state index contributed by atoms with van der Waals surface area (Å²) in [6, 6.07) is 0.592. The maximum atomic E-state index is 4.86. The number of nitrogens with zero attached hydrogens (tertiary/aromatic N) is 2. The van der Waals surface area contributed by atoms with Crippen LogP contribution in [0.4, 0.5) is 0 Å². The van der Waals surface area contributed by atoms with Crippen LogP contribution in [0.15, 0.2) is 12.4 Å². The maximum absolute atomic E-state index is 4.86. The van der Waals surface area contributed by atoms with Crippen LogP contribution in [0, 0.1) is 0 Å². The molecule has 2 heteroatoms. The van der Waals surface area contributed by atoms with Gasteiger partial charge in [-0.1, -0.05) is 149 Å². The molecule has 0 bridgehead atoms. The number of hydrogen-bond acceptors (Lipinski definition) is 1. The van der Waals surface area contributed by atoms with Gasteiger partial charge in [0.2, 0.25) is 0 Å². The molecule has 1 heterocycles. The van der Waals surface area contributed by atoms with Gasteiger partial charge in [0.05, 0.1) is 0 Å². The predicted molar refractivity (Wildman–Crippen MR) is 153 cm³/mol. The zero-order chi connectivity index (χ0) is 24.7. The molecule has 1 rings (SSSR count). The van der Waals surface area contributed by atoms with E-state index in [1.165, 1.54) is 154 Å². The van der Waals surface area contributed by atoms with Gasteiger partial charge in [-0.3, -0.25) is 0 Å². The van der Waals surface area contributed by atoms with Gasteiger partial charge in [-0.2, -0.15) is 0 Å². The summed E-state index contributed by atoms with van der Waals surface area (Å²) >= 11 is 0. The molecule has 0 radical (unpaired) electrons. The van der Waals surface area contributed by atoms with Gasteiger partial charge in [0, 0.05) is 24.4 Å². The van der Waals surface area contributed by atoms with Crippen LogP contribution >= 0.6 is 0 Å². The van der Waals surface area contributed by atoms with Crippen molar-refractivity contribution < 1.29 is 0 Å². The first kappa shape index (κ1) is 31.2. The van der Waals surface area contributed by atoms with Gasteiger partial charge in [-0.05, 0) is 26.2 Å². The Kier molecular flexibility index (Phi) is 20.8. The molecule has 0 aliphatic rings. The number of unbranched alkanes of at least 4 members (excludes halogenated alkanes) is 17. The van der Waals surface area contributed by atoms with Crippen molar-refractivity contribution in [2.75, 3.05) is 0 Å². The highest BCUT2D eigenvalue weighted by atomic mass is 15.1. The Labute approximate surface area is 215 Å². The second-order valence-corrected chi connectivity index (χ2v) is 11.1. The summed E-state index contributed by atoms with van der Waals surface area (Å²) < 4.78 is 2.52. The van der Waals surface area contributed by atoms with Crippen LogP contribution in [0.25, 0.3) is 0 Å². The van der Waals surface area contributed by atoms with Gasteiger partial charge in [0.1, 0.15) is 5.82 Å². The minimum atomic E-state index is 0.592. The normalized spacial score (nSPS) is 13.4. The molecule has 0 aliphatic carbocycles. The molecule has 0 saturated heterocycles. The van der Waals surface area contributed by atoms with Crippen molar-refractivity contribution in [3.05, 3.63) is 18.2 Å². The number of hydrogen-bond donors (Lipinski definition) is 0. The largest absolute Gasteiger partial charge is 0.332 e. The lowest BCUT2D eigenvalue weighted by molar-refractivity contribution is 0.420. The van der Waals surface area contributed by atoms with E-state index in [2.05, 4.69) is 44.7 Å². The van der Waals surface area contributed by atoms with Crippen molar-refractivity contribution in [3.8, 4) is 0 Å². The summed E-state index contributed by atoms with van der Waals surface area (Å²) in [5.74, 6) is 2.03. The van der Waals surface area contributed by atoms with Crippen LogP contribution in [-0.2, 0) is 0 Å². The molecule has 2 atom stereocenters. The van der Waals surface area contributed by atoms with Crippen molar-refractivity contribution in [2.45, 2.75) is 187 Å². The fourth-order valence-electron chi connectivity index (χ4n) is 5.53. The number of imidazole rings is 1. The zero-order valence-electron chi connectivity index (χ0n) is 24.0. The van der Waals surface area contributed by atoms with Gasteiger partial charge in [-0.15, -0.1) is 0 Å². The minimum Gasteiger partial charge on any atom is -0.332 e. The third-order valence-electron chi connectivity index (χ3n) is 7.81. The number of rotatable bonds is 25. The molecule has 1 aromatic heterocycles. The van der Waals surface area contributed by atoms with Gasteiger partial charge in [-0.25, -0.2) is 4.98 Å². The third kappa shape index (κ3) is 15.3. The van der Waals surface area contributed by atoms with Crippen molar-refractivity contribution in [3.63, 3.8) is 0 Å². The SMILES string of the molecule is CCCCCCCCCCCCCCCCC(CCC)c1nccn1C(C)CCCCCCC. The first-order valence-corrected chi connectivity index (χ1v) is 15.8. The third-order valence-corrected chi connectivity index (χ3v) is 7.81. The molecule has 34 heavy (non-hydrogen) atoms. The van der Waals surface area contributed by atoms with Crippen molar-refractivity contribution in [2.24, 2.45) is 0 Å². The Morgan fingerprint density at radius 3 is 1.47 bits per heavy atom. The van der Waals surface area contributed by atoms with Crippen molar-refractivity contribution >= 4 is 0 Å². The average Bonchev–Trinajstić information content (AvgIpc) is 3.33. The van der Waals surface area contributed by atoms with Gasteiger partial charge < -0.3 is 4.57 Å². The molecule has 0 amide bonds. The van der Waals surface area contributed by atoms with Crippen LogP contribution in [0.5, 0.6) is 0 Å². The fourth-order valence-corrected chi connectivity index (χ4v) is 5.53. The lowest BCUT2D eigenvalue weighted by Gasteiger charge is -2.22. The summed E-state index contributed by atoms with van der Waals surface area (Å²) in [6.45, 7) is 9.34. The summed E-state index contributed by atoms with van der Waals surface area (Å²) in [6.07, 6.45) is 36.5. The summed E-state index contributed by atoms with van der Waals surface area (Å²) in [4.78, 5) is 4.86. The molecule has 0 spiro atoms. The second-order valence-electron chi connectivity index (χ2n) is 11.1. The molecule has 2 nitrogen and oxygen atoms in total. The van der Waals surface area contributed by atoms with Crippen LogP contribution in [-0.4, -0.2) is 9.55 Å². The van der Waals surface area contributed by atoms with E-state index in [9.17, 15) is 0 Å². The Balaban J connectivity index is 2.18. The van der Waals surface area contributed by atoms with Crippen LogP contribution in [0.2, 0.25) is 0 Å². The molecule has 2 unspecified atom stereocenters. The van der Waals surface area contributed by atoms with Crippen molar-refractivity contribution in [1.29, 1.82) is 0 Å².